The van der Waals surface area contributed by atoms with Crippen LogP contribution in [0.4, 0.5) is 0 Å². The quantitative estimate of drug-likeness (QED) is 0.406. The molecular formula is C24H30ClN3O5S. The predicted octanol–water partition coefficient (Wildman–Crippen LogP) is 4.04. The van der Waals surface area contributed by atoms with Gasteiger partial charge in [-0.05, 0) is 45.2 Å². The highest BCUT2D eigenvalue weighted by molar-refractivity contribution is 7.09. The van der Waals surface area contributed by atoms with Gasteiger partial charge in [0, 0.05) is 37.4 Å². The van der Waals surface area contributed by atoms with Gasteiger partial charge in [0.15, 0.2) is 5.60 Å². The lowest BCUT2D eigenvalue weighted by atomic mass is 9.96. The minimum atomic E-state index is -1.04. The average Bonchev–Trinajstić information content (AvgIpc) is 3.33. The van der Waals surface area contributed by atoms with Gasteiger partial charge in [-0.1, -0.05) is 23.7 Å². The van der Waals surface area contributed by atoms with E-state index < -0.39 is 5.60 Å². The number of benzene rings is 1. The molecule has 0 saturated carbocycles. The minimum absolute atomic E-state index is 0.0861. The van der Waals surface area contributed by atoms with Crippen molar-refractivity contribution in [3.05, 3.63) is 45.4 Å². The maximum Gasteiger partial charge on any atom is 0.305 e. The van der Waals surface area contributed by atoms with Crippen molar-refractivity contribution in [1.82, 2.24) is 15.2 Å². The Labute approximate surface area is 208 Å². The molecule has 1 N–H and O–H groups in total. The first-order valence-corrected chi connectivity index (χ1v) is 12.5. The molecule has 0 spiro atoms. The molecule has 0 aliphatic carbocycles. The molecule has 1 fully saturated rings. The summed E-state index contributed by atoms with van der Waals surface area (Å²) < 4.78 is 10.5. The van der Waals surface area contributed by atoms with Crippen molar-refractivity contribution in [2.75, 3.05) is 26.7 Å². The number of hydrogen-bond donors (Lipinski definition) is 1. The van der Waals surface area contributed by atoms with E-state index in [1.54, 1.807) is 31.4 Å². The van der Waals surface area contributed by atoms with Crippen molar-refractivity contribution >= 4 is 40.7 Å². The van der Waals surface area contributed by atoms with Crippen LogP contribution in [0.1, 0.15) is 60.9 Å². The Hall–Kier alpha value is -2.65. The van der Waals surface area contributed by atoms with Crippen LogP contribution in [0, 0.1) is 0 Å². The van der Waals surface area contributed by atoms with Crippen LogP contribution in [-0.4, -0.2) is 60.0 Å². The Morgan fingerprint density at radius 1 is 1.24 bits per heavy atom. The number of aromatic nitrogens is 1. The van der Waals surface area contributed by atoms with Gasteiger partial charge in [-0.25, -0.2) is 4.98 Å². The Balaban J connectivity index is 1.49. The Morgan fingerprint density at radius 3 is 2.62 bits per heavy atom. The largest absolute Gasteiger partial charge is 0.476 e. The predicted molar refractivity (Wildman–Crippen MR) is 130 cm³/mol. The number of nitrogens with zero attached hydrogens (tertiary/aromatic N) is 2. The second kappa shape index (κ2) is 11.7. The van der Waals surface area contributed by atoms with Crippen LogP contribution in [0.25, 0.3) is 0 Å². The van der Waals surface area contributed by atoms with Gasteiger partial charge in [-0.3, -0.25) is 14.4 Å². The van der Waals surface area contributed by atoms with Crippen LogP contribution in [0.2, 0.25) is 5.02 Å². The average molecular weight is 508 g/mol. The number of nitrogens with one attached hydrogen (secondary N) is 1. The number of likely N-dealkylation sites (tertiary alicyclic amines) is 1. The van der Waals surface area contributed by atoms with Gasteiger partial charge < -0.3 is 19.7 Å². The fraction of sp³-hybridized carbons (Fsp3) is 0.500. The number of thiazole rings is 1. The molecule has 2 amide bonds. The smallest absolute Gasteiger partial charge is 0.305 e. The van der Waals surface area contributed by atoms with Gasteiger partial charge in [0.2, 0.25) is 0 Å². The summed E-state index contributed by atoms with van der Waals surface area (Å²) in [6.07, 6.45) is 2.30. The van der Waals surface area contributed by atoms with Crippen molar-refractivity contribution in [1.29, 1.82) is 0 Å². The summed E-state index contributed by atoms with van der Waals surface area (Å²) >= 11 is 7.64. The summed E-state index contributed by atoms with van der Waals surface area (Å²) in [5, 5.41) is 5.90. The third-order valence-electron chi connectivity index (χ3n) is 5.67. The number of carbonyl (C=O) groups is 3. The molecule has 1 aliphatic rings. The number of esters is 1. The van der Waals surface area contributed by atoms with Gasteiger partial charge >= 0.3 is 5.97 Å². The molecule has 1 aromatic heterocycles. The van der Waals surface area contributed by atoms with Crippen LogP contribution < -0.4 is 10.1 Å². The maximum absolute atomic E-state index is 13.1. The summed E-state index contributed by atoms with van der Waals surface area (Å²) in [5.41, 5.74) is -0.663. The van der Waals surface area contributed by atoms with Crippen LogP contribution in [0.15, 0.2) is 29.6 Å². The van der Waals surface area contributed by atoms with Crippen LogP contribution in [-0.2, 0) is 14.3 Å². The van der Waals surface area contributed by atoms with Gasteiger partial charge in [0.25, 0.3) is 11.8 Å². The highest BCUT2D eigenvalue weighted by Gasteiger charge is 2.37. The highest BCUT2D eigenvalue weighted by Crippen LogP contribution is 2.33. The summed E-state index contributed by atoms with van der Waals surface area (Å²) in [6.45, 7) is 5.07. The fourth-order valence-corrected chi connectivity index (χ4v) is 4.91. The molecule has 1 aliphatic heterocycles. The van der Waals surface area contributed by atoms with E-state index in [1.807, 2.05) is 17.0 Å². The Morgan fingerprint density at radius 2 is 1.94 bits per heavy atom. The number of ether oxygens (including phenoxy) is 2. The molecule has 10 heteroatoms. The monoisotopic (exact) mass is 507 g/mol. The molecule has 2 heterocycles. The first-order chi connectivity index (χ1) is 16.2. The summed E-state index contributed by atoms with van der Waals surface area (Å²) in [6, 6.07) is 7.11. The zero-order chi connectivity index (χ0) is 24.7. The summed E-state index contributed by atoms with van der Waals surface area (Å²) in [7, 11) is 1.34. The lowest BCUT2D eigenvalue weighted by Crippen LogP contribution is -2.51. The second-order valence-corrected chi connectivity index (χ2v) is 9.91. The van der Waals surface area contributed by atoms with Crippen LogP contribution in [0.5, 0.6) is 5.75 Å². The first-order valence-electron chi connectivity index (χ1n) is 11.2. The molecule has 2 aromatic rings. The van der Waals surface area contributed by atoms with Crippen molar-refractivity contribution < 1.29 is 23.9 Å². The molecule has 0 atom stereocenters. The minimum Gasteiger partial charge on any atom is -0.476 e. The van der Waals surface area contributed by atoms with Crippen molar-refractivity contribution in [2.45, 2.75) is 51.0 Å². The van der Waals surface area contributed by atoms with Gasteiger partial charge in [-0.15, -0.1) is 11.3 Å². The van der Waals surface area contributed by atoms with Crippen molar-refractivity contribution in [3.8, 4) is 5.75 Å². The number of methoxy groups -OCH3 is 1. The third-order valence-corrected chi connectivity index (χ3v) is 6.99. The van der Waals surface area contributed by atoms with Gasteiger partial charge in [0.1, 0.15) is 11.4 Å². The number of para-hydroxylation sites is 1. The highest BCUT2D eigenvalue weighted by atomic mass is 35.5. The van der Waals surface area contributed by atoms with Gasteiger partial charge in [-0.2, -0.15) is 0 Å². The molecule has 3 rings (SSSR count). The summed E-state index contributed by atoms with van der Waals surface area (Å²) in [5.74, 6) is 0.0446. The summed E-state index contributed by atoms with van der Waals surface area (Å²) in [4.78, 5) is 42.9. The molecule has 1 saturated heterocycles. The topological polar surface area (TPSA) is 97.8 Å². The normalized spacial score (nSPS) is 14.5. The SMILES string of the molecule is COC(=O)CCCNC(=O)c1csc(C2CCN(C(=O)C(C)(C)Oc3ccccc3Cl)CC2)n1. The lowest BCUT2D eigenvalue weighted by molar-refractivity contribution is -0.146. The van der Waals surface area contributed by atoms with E-state index in [1.165, 1.54) is 18.4 Å². The van der Waals surface area contributed by atoms with E-state index in [0.717, 1.165) is 17.8 Å². The van der Waals surface area contributed by atoms with Crippen molar-refractivity contribution in [2.24, 2.45) is 0 Å². The van der Waals surface area contributed by atoms with E-state index in [9.17, 15) is 14.4 Å². The number of hydrogen-bond acceptors (Lipinski definition) is 7. The number of piperidine rings is 1. The molecule has 0 unspecified atom stereocenters. The Kier molecular flexibility index (Phi) is 8.90. The zero-order valence-corrected chi connectivity index (χ0v) is 21.2. The molecule has 0 radical (unpaired) electrons. The van der Waals surface area contributed by atoms with E-state index in [4.69, 9.17) is 16.3 Å². The zero-order valence-electron chi connectivity index (χ0n) is 19.6. The molecule has 0 bridgehead atoms. The molecule has 184 valence electrons. The van der Waals surface area contributed by atoms with E-state index in [0.29, 0.717) is 42.5 Å². The van der Waals surface area contributed by atoms with E-state index >= 15 is 0 Å². The lowest BCUT2D eigenvalue weighted by Gasteiger charge is -2.36. The molecule has 1 aromatic carbocycles. The number of carbonyl (C=O) groups excluding carboxylic acids is 3. The maximum atomic E-state index is 13.1. The number of amides is 2. The van der Waals surface area contributed by atoms with E-state index in [2.05, 4.69) is 15.0 Å². The van der Waals surface area contributed by atoms with Crippen LogP contribution in [0.3, 0.4) is 0 Å². The molecule has 8 nitrogen and oxygen atoms in total. The van der Waals surface area contributed by atoms with Gasteiger partial charge in [0.05, 0.1) is 17.1 Å². The van der Waals surface area contributed by atoms with E-state index in [-0.39, 0.29) is 30.1 Å². The number of halogens is 1. The first kappa shape index (κ1) is 26.0. The second-order valence-electron chi connectivity index (χ2n) is 8.62. The third kappa shape index (κ3) is 6.70. The standard InChI is InChI=1S/C24H30ClN3O5S/c1-24(2,33-19-8-5-4-7-17(19)25)23(31)28-13-10-16(11-14-28)22-27-18(15-34-22)21(30)26-12-6-9-20(29)32-3/h4-5,7-8,15-16H,6,9-14H2,1-3H3,(H,26,30). The molecular weight excluding hydrogens is 478 g/mol. The van der Waals surface area contributed by atoms with Crippen LogP contribution >= 0.6 is 22.9 Å². The Bertz CT molecular complexity index is 1020. The fourth-order valence-electron chi connectivity index (χ4n) is 3.76. The molecule has 34 heavy (non-hydrogen) atoms. The van der Waals surface area contributed by atoms with Crippen molar-refractivity contribution in [3.63, 3.8) is 0 Å². The number of rotatable bonds is 9.